The third-order valence-corrected chi connectivity index (χ3v) is 5.19. The van der Waals surface area contributed by atoms with Gasteiger partial charge in [0.05, 0.1) is 11.0 Å². The molecular weight excluding hydrogens is 340 g/mol. The second-order valence-electron chi connectivity index (χ2n) is 6.99. The van der Waals surface area contributed by atoms with Crippen LogP contribution in [-0.2, 0) is 13.5 Å². The lowest BCUT2D eigenvalue weighted by molar-refractivity contribution is 0.916. The first-order valence-electron chi connectivity index (χ1n) is 9.57. The molecule has 0 radical (unpaired) electrons. The Morgan fingerprint density at radius 2 is 1.75 bits per heavy atom. The number of hydrogen-bond acceptors (Lipinski definition) is 1. The molecule has 3 aromatic carbocycles. The quantitative estimate of drug-likeness (QED) is 0.354. The van der Waals surface area contributed by atoms with E-state index in [2.05, 4.69) is 85.4 Å². The van der Waals surface area contributed by atoms with Gasteiger partial charge >= 0.3 is 0 Å². The van der Waals surface area contributed by atoms with Gasteiger partial charge in [-0.05, 0) is 58.5 Å². The molecule has 28 heavy (non-hydrogen) atoms. The normalized spacial score (nSPS) is 11.8. The maximum atomic E-state index is 4.89. The Balaban J connectivity index is 1.93. The van der Waals surface area contributed by atoms with Gasteiger partial charge in [-0.1, -0.05) is 60.7 Å². The Morgan fingerprint density at radius 3 is 2.54 bits per heavy atom. The predicted molar refractivity (Wildman–Crippen MR) is 121 cm³/mol. The Hall–Kier alpha value is -3.39. The summed E-state index contributed by atoms with van der Waals surface area (Å²) in [5.41, 5.74) is 5.82. The minimum absolute atomic E-state index is 0.761. The number of aromatic nitrogens is 2. The topological polar surface area (TPSA) is 17.8 Å². The Morgan fingerprint density at radius 1 is 0.964 bits per heavy atom. The van der Waals surface area contributed by atoms with Crippen molar-refractivity contribution in [2.45, 2.75) is 12.8 Å². The van der Waals surface area contributed by atoms with Crippen LogP contribution >= 0.6 is 0 Å². The molecule has 0 aliphatic rings. The van der Waals surface area contributed by atoms with Crippen LogP contribution < -0.4 is 0 Å². The molecule has 0 atom stereocenters. The molecule has 0 amide bonds. The summed E-state index contributed by atoms with van der Waals surface area (Å²) in [5, 5.41) is 2.53. The van der Waals surface area contributed by atoms with Crippen LogP contribution in [0.4, 0.5) is 0 Å². The Labute approximate surface area is 166 Å². The van der Waals surface area contributed by atoms with Crippen molar-refractivity contribution in [3.63, 3.8) is 0 Å². The first-order valence-corrected chi connectivity index (χ1v) is 9.57. The lowest BCUT2D eigenvalue weighted by atomic mass is 9.94. The van der Waals surface area contributed by atoms with Crippen LogP contribution in [0.25, 0.3) is 33.5 Å². The fourth-order valence-electron chi connectivity index (χ4n) is 3.85. The molecule has 4 aromatic rings. The van der Waals surface area contributed by atoms with Crippen molar-refractivity contribution in [3.8, 4) is 0 Å². The molecule has 0 bridgehead atoms. The fraction of sp³-hybridized carbons (Fsp3) is 0.115. The van der Waals surface area contributed by atoms with Crippen molar-refractivity contribution in [3.05, 3.63) is 103 Å². The van der Waals surface area contributed by atoms with Gasteiger partial charge in [0.15, 0.2) is 0 Å². The number of hydrogen-bond donors (Lipinski definition) is 0. The van der Waals surface area contributed by atoms with Gasteiger partial charge in [-0.15, -0.1) is 13.2 Å². The van der Waals surface area contributed by atoms with Crippen LogP contribution in [0.15, 0.2) is 86.0 Å². The number of imidazole rings is 1. The van der Waals surface area contributed by atoms with Crippen molar-refractivity contribution in [2.75, 3.05) is 0 Å². The second-order valence-corrected chi connectivity index (χ2v) is 6.99. The van der Waals surface area contributed by atoms with E-state index in [0.29, 0.717) is 0 Å². The Bertz CT molecular complexity index is 1210. The molecule has 4 rings (SSSR count). The summed E-state index contributed by atoms with van der Waals surface area (Å²) in [7, 11) is 2.08. The minimum atomic E-state index is 0.761. The summed E-state index contributed by atoms with van der Waals surface area (Å²) < 4.78 is 2.17. The monoisotopic (exact) mass is 364 g/mol. The van der Waals surface area contributed by atoms with Crippen molar-refractivity contribution in [1.82, 2.24) is 9.55 Å². The Kier molecular flexibility index (Phi) is 4.94. The summed E-state index contributed by atoms with van der Waals surface area (Å²) in [6.07, 6.45) is 7.77. The minimum Gasteiger partial charge on any atom is -0.327 e. The SMILES string of the molecule is C=CCC(=Cc1ccc2ccccc2c1CC=C)c1nc2ccccc2n1C. The average molecular weight is 364 g/mol. The molecule has 2 heteroatoms. The molecule has 1 heterocycles. The van der Waals surface area contributed by atoms with Gasteiger partial charge < -0.3 is 4.57 Å². The molecule has 0 fully saturated rings. The maximum Gasteiger partial charge on any atom is 0.137 e. The zero-order chi connectivity index (χ0) is 19.5. The highest BCUT2D eigenvalue weighted by Crippen LogP contribution is 2.29. The molecule has 0 aliphatic heterocycles. The summed E-state index contributed by atoms with van der Waals surface area (Å²) in [5.74, 6) is 0.985. The van der Waals surface area contributed by atoms with E-state index in [0.717, 1.165) is 35.3 Å². The van der Waals surface area contributed by atoms with E-state index in [9.17, 15) is 0 Å². The van der Waals surface area contributed by atoms with Gasteiger partial charge in [-0.3, -0.25) is 0 Å². The van der Waals surface area contributed by atoms with E-state index in [1.807, 2.05) is 18.2 Å². The average Bonchev–Trinajstić information content (AvgIpc) is 3.06. The van der Waals surface area contributed by atoms with Crippen LogP contribution in [0.2, 0.25) is 0 Å². The van der Waals surface area contributed by atoms with E-state index in [4.69, 9.17) is 4.98 Å². The van der Waals surface area contributed by atoms with Gasteiger partial charge in [0.25, 0.3) is 0 Å². The molecule has 0 N–H and O–H groups in total. The van der Waals surface area contributed by atoms with Crippen LogP contribution in [0.1, 0.15) is 23.4 Å². The van der Waals surface area contributed by atoms with E-state index in [1.165, 1.54) is 21.9 Å². The lowest BCUT2D eigenvalue weighted by Crippen LogP contribution is -1.98. The van der Waals surface area contributed by atoms with Gasteiger partial charge in [0, 0.05) is 7.05 Å². The molecule has 0 saturated carbocycles. The highest BCUT2D eigenvalue weighted by Gasteiger charge is 2.13. The number of aryl methyl sites for hydroxylation is 1. The first kappa shape index (κ1) is 18.0. The van der Waals surface area contributed by atoms with E-state index < -0.39 is 0 Å². The standard InChI is InChI=1S/C26H24N2/c1-4-10-21(26-27-24-14-8-9-15-25(24)28(26)3)18-20-17-16-19-12-6-7-13-23(19)22(20)11-5-2/h4-9,12-18H,1-2,10-11H2,3H3. The molecule has 138 valence electrons. The molecule has 0 saturated heterocycles. The largest absolute Gasteiger partial charge is 0.327 e. The van der Waals surface area contributed by atoms with Gasteiger partial charge in [0.1, 0.15) is 5.82 Å². The molecule has 2 nitrogen and oxygen atoms in total. The maximum absolute atomic E-state index is 4.89. The van der Waals surface area contributed by atoms with Gasteiger partial charge in [-0.2, -0.15) is 0 Å². The molecule has 0 unspecified atom stereocenters. The van der Waals surface area contributed by atoms with Crippen molar-refractivity contribution >= 4 is 33.5 Å². The van der Waals surface area contributed by atoms with Crippen LogP contribution in [0.5, 0.6) is 0 Å². The third-order valence-electron chi connectivity index (χ3n) is 5.19. The zero-order valence-corrected chi connectivity index (χ0v) is 16.2. The highest BCUT2D eigenvalue weighted by atomic mass is 15.1. The smallest absolute Gasteiger partial charge is 0.137 e. The zero-order valence-electron chi connectivity index (χ0n) is 16.2. The van der Waals surface area contributed by atoms with Crippen molar-refractivity contribution in [1.29, 1.82) is 0 Å². The fourth-order valence-corrected chi connectivity index (χ4v) is 3.85. The van der Waals surface area contributed by atoms with Gasteiger partial charge in [0.2, 0.25) is 0 Å². The number of para-hydroxylation sites is 2. The van der Waals surface area contributed by atoms with Crippen molar-refractivity contribution in [2.24, 2.45) is 7.05 Å². The molecular formula is C26H24N2. The highest BCUT2D eigenvalue weighted by molar-refractivity contribution is 5.92. The lowest BCUT2D eigenvalue weighted by Gasteiger charge is -2.12. The second kappa shape index (κ2) is 7.69. The van der Waals surface area contributed by atoms with Crippen LogP contribution in [-0.4, -0.2) is 9.55 Å². The van der Waals surface area contributed by atoms with E-state index >= 15 is 0 Å². The van der Waals surface area contributed by atoms with E-state index in [1.54, 1.807) is 0 Å². The predicted octanol–water partition coefficient (Wildman–Crippen LogP) is 6.57. The number of fused-ring (bicyclic) bond motifs is 2. The van der Waals surface area contributed by atoms with E-state index in [-0.39, 0.29) is 0 Å². The third kappa shape index (κ3) is 3.18. The van der Waals surface area contributed by atoms with Gasteiger partial charge in [-0.25, -0.2) is 4.98 Å². The number of rotatable bonds is 6. The summed E-state index contributed by atoms with van der Waals surface area (Å²) >= 11 is 0. The summed E-state index contributed by atoms with van der Waals surface area (Å²) in [6, 6.07) is 21.2. The summed E-state index contributed by atoms with van der Waals surface area (Å²) in [6.45, 7) is 7.93. The van der Waals surface area contributed by atoms with Crippen LogP contribution in [0.3, 0.4) is 0 Å². The molecule has 1 aromatic heterocycles. The number of allylic oxidation sites excluding steroid dienone is 3. The molecule has 0 spiro atoms. The number of benzene rings is 3. The first-order chi connectivity index (χ1) is 13.7. The molecule has 0 aliphatic carbocycles. The number of nitrogens with zero attached hydrogens (tertiary/aromatic N) is 2. The van der Waals surface area contributed by atoms with Crippen LogP contribution in [0, 0.1) is 0 Å². The summed E-state index contributed by atoms with van der Waals surface area (Å²) in [4.78, 5) is 4.89. The van der Waals surface area contributed by atoms with Crippen molar-refractivity contribution < 1.29 is 0 Å².